The summed E-state index contributed by atoms with van der Waals surface area (Å²) in [5.41, 5.74) is 0. The molecule has 2 rings (SSSR count). The van der Waals surface area contributed by atoms with Crippen molar-refractivity contribution in [3.05, 3.63) is 0 Å². The van der Waals surface area contributed by atoms with E-state index in [1.165, 1.54) is 19.3 Å². The fraction of sp³-hybridized carbons (Fsp3) is 0.833. The van der Waals surface area contributed by atoms with E-state index in [0.717, 1.165) is 13.1 Å². The second kappa shape index (κ2) is 3.92. The molecule has 0 atom stereocenters. The van der Waals surface area contributed by atoms with Crippen LogP contribution in [0.2, 0.25) is 0 Å². The Morgan fingerprint density at radius 3 is 2.77 bits per heavy atom. The van der Waals surface area contributed by atoms with Gasteiger partial charge >= 0.3 is 5.95 Å². The Morgan fingerprint density at radius 1 is 1.23 bits per heavy atom. The first-order valence-corrected chi connectivity index (χ1v) is 4.35. The van der Waals surface area contributed by atoms with Gasteiger partial charge in [-0.25, -0.2) is 0 Å². The summed E-state index contributed by atoms with van der Waals surface area (Å²) in [5, 5.41) is 22.8. The summed E-state index contributed by atoms with van der Waals surface area (Å²) < 4.78 is 0. The molecular weight excluding hydrogens is 170 g/mol. The van der Waals surface area contributed by atoms with Crippen LogP contribution in [-0.2, 0) is 0 Å². The minimum absolute atomic E-state index is 0.283. The third kappa shape index (κ3) is 2.20. The molecule has 1 aliphatic heterocycles. The molecule has 0 spiro atoms. The van der Waals surface area contributed by atoms with Gasteiger partial charge in [-0.05, 0) is 24.5 Å². The predicted molar refractivity (Wildman–Crippen MR) is 44.1 cm³/mol. The number of hydrogen-bond acceptors (Lipinski definition) is 5. The van der Waals surface area contributed by atoms with Crippen LogP contribution in [-0.4, -0.2) is 38.7 Å². The van der Waals surface area contributed by atoms with Crippen molar-refractivity contribution in [3.8, 4) is 0 Å². The molecule has 70 valence electrons. The van der Waals surface area contributed by atoms with Crippen LogP contribution in [0.5, 0.6) is 0 Å². The fourth-order valence-corrected chi connectivity index (χ4v) is 1.27. The van der Waals surface area contributed by atoms with Gasteiger partial charge in [-0.15, -0.1) is 5.10 Å². The molecule has 1 aromatic heterocycles. The van der Waals surface area contributed by atoms with Crippen LogP contribution >= 0.6 is 0 Å². The molecule has 13 heavy (non-hydrogen) atoms. The number of hydrogen-bond donors (Lipinski definition) is 1. The first kappa shape index (κ1) is 8.09. The van der Waals surface area contributed by atoms with Gasteiger partial charge in [0, 0.05) is 13.1 Å². The first-order valence-electron chi connectivity index (χ1n) is 4.35. The maximum Gasteiger partial charge on any atom is 0.309 e. The summed E-state index contributed by atoms with van der Waals surface area (Å²) in [4.78, 5) is 0. The monoisotopic (exact) mass is 181 g/mol. The topological polar surface area (TPSA) is 82.4 Å². The lowest BCUT2D eigenvalue weighted by Gasteiger charge is -2.21. The second-order valence-corrected chi connectivity index (χ2v) is 2.92. The van der Waals surface area contributed by atoms with Crippen molar-refractivity contribution in [3.63, 3.8) is 0 Å². The number of rotatable bonds is 2. The Bertz CT molecular complexity index is 261. The maximum absolute atomic E-state index is 4.00. The molecule has 1 aliphatic rings. The van der Waals surface area contributed by atoms with Gasteiger partial charge in [0.1, 0.15) is 0 Å². The van der Waals surface area contributed by atoms with Gasteiger partial charge < -0.3 is 0 Å². The highest BCUT2D eigenvalue weighted by molar-refractivity contribution is 5.03. The summed E-state index contributed by atoms with van der Waals surface area (Å²) >= 11 is 0. The third-order valence-corrected chi connectivity index (χ3v) is 1.93. The van der Waals surface area contributed by atoms with E-state index in [1.807, 2.05) is 5.01 Å². The summed E-state index contributed by atoms with van der Waals surface area (Å²) in [7, 11) is 0. The molecule has 1 saturated heterocycles. The van der Waals surface area contributed by atoms with Crippen molar-refractivity contribution in [1.29, 1.82) is 0 Å². The van der Waals surface area contributed by atoms with Gasteiger partial charge in [0.15, 0.2) is 0 Å². The zero-order valence-corrected chi connectivity index (χ0v) is 7.22. The molecule has 0 bridgehead atoms. The molecule has 1 N–H and O–H groups in total. The van der Waals surface area contributed by atoms with E-state index in [4.69, 9.17) is 0 Å². The van der Waals surface area contributed by atoms with Gasteiger partial charge in [-0.3, -0.25) is 5.01 Å². The van der Waals surface area contributed by atoms with Crippen LogP contribution in [0.15, 0.2) is 10.3 Å². The SMILES string of the molecule is C1CCN(/N=N/c2nn[nH]n2)CC1. The van der Waals surface area contributed by atoms with E-state index in [-0.39, 0.29) is 5.95 Å². The minimum Gasteiger partial charge on any atom is -0.278 e. The van der Waals surface area contributed by atoms with E-state index in [0.29, 0.717) is 0 Å². The standard InChI is InChI=1S/C6H11N7/c1-2-4-13(5-3-1)12-9-6-7-10-11-8-6/h1-5H2,(H,7,8,10,11)/b12-9+. The lowest BCUT2D eigenvalue weighted by Crippen LogP contribution is -2.23. The Labute approximate surface area is 75.2 Å². The number of H-pyrrole nitrogens is 1. The number of nitrogens with zero attached hydrogens (tertiary/aromatic N) is 6. The Hall–Kier alpha value is -1.53. The predicted octanol–water partition coefficient (Wildman–Crippen LogP) is 0.684. The van der Waals surface area contributed by atoms with Crippen LogP contribution < -0.4 is 0 Å². The number of piperidine rings is 1. The average Bonchev–Trinajstić information content (AvgIpc) is 2.69. The number of aromatic nitrogens is 4. The highest BCUT2D eigenvalue weighted by atomic mass is 15.6. The molecule has 7 nitrogen and oxygen atoms in total. The zero-order valence-electron chi connectivity index (χ0n) is 7.22. The summed E-state index contributed by atoms with van der Waals surface area (Å²) in [6.07, 6.45) is 3.66. The lowest BCUT2D eigenvalue weighted by molar-refractivity contribution is 0.224. The van der Waals surface area contributed by atoms with Crippen LogP contribution in [0, 0.1) is 0 Å². The first-order chi connectivity index (χ1) is 6.45. The van der Waals surface area contributed by atoms with E-state index in [9.17, 15) is 0 Å². The number of nitrogens with one attached hydrogen (secondary N) is 1. The van der Waals surface area contributed by atoms with E-state index >= 15 is 0 Å². The van der Waals surface area contributed by atoms with Crippen LogP contribution in [0.1, 0.15) is 19.3 Å². The van der Waals surface area contributed by atoms with Crippen LogP contribution in [0.3, 0.4) is 0 Å². The molecule has 0 amide bonds. The molecule has 0 radical (unpaired) electrons. The highest BCUT2D eigenvalue weighted by Gasteiger charge is 2.07. The Balaban J connectivity index is 1.89. The van der Waals surface area contributed by atoms with Crippen LogP contribution in [0.4, 0.5) is 5.95 Å². The van der Waals surface area contributed by atoms with Gasteiger partial charge in [0.2, 0.25) is 0 Å². The molecule has 0 aliphatic carbocycles. The number of aromatic amines is 1. The van der Waals surface area contributed by atoms with Gasteiger partial charge in [0.05, 0.1) is 0 Å². The molecule has 1 aromatic rings. The van der Waals surface area contributed by atoms with E-state index in [1.54, 1.807) is 0 Å². The maximum atomic E-state index is 4.00. The van der Waals surface area contributed by atoms with Crippen molar-refractivity contribution >= 4 is 5.95 Å². The summed E-state index contributed by atoms with van der Waals surface area (Å²) in [6.45, 7) is 1.95. The summed E-state index contributed by atoms with van der Waals surface area (Å²) in [5.74, 6) is 0.283. The smallest absolute Gasteiger partial charge is 0.278 e. The Morgan fingerprint density at radius 2 is 2.08 bits per heavy atom. The Kier molecular flexibility index (Phi) is 2.44. The summed E-state index contributed by atoms with van der Waals surface area (Å²) in [6, 6.07) is 0. The molecule has 1 fully saturated rings. The van der Waals surface area contributed by atoms with Crippen molar-refractivity contribution in [2.45, 2.75) is 19.3 Å². The van der Waals surface area contributed by atoms with Crippen molar-refractivity contribution in [2.75, 3.05) is 13.1 Å². The highest BCUT2D eigenvalue weighted by Crippen LogP contribution is 2.10. The number of tetrazole rings is 1. The molecule has 0 unspecified atom stereocenters. The quantitative estimate of drug-likeness (QED) is 0.680. The van der Waals surface area contributed by atoms with Crippen molar-refractivity contribution in [2.24, 2.45) is 10.3 Å². The fourth-order valence-electron chi connectivity index (χ4n) is 1.27. The second-order valence-electron chi connectivity index (χ2n) is 2.92. The third-order valence-electron chi connectivity index (χ3n) is 1.93. The van der Waals surface area contributed by atoms with Crippen molar-refractivity contribution in [1.82, 2.24) is 25.6 Å². The van der Waals surface area contributed by atoms with Crippen molar-refractivity contribution < 1.29 is 0 Å². The van der Waals surface area contributed by atoms with Gasteiger partial charge in [-0.1, -0.05) is 15.4 Å². The molecule has 0 aromatic carbocycles. The minimum atomic E-state index is 0.283. The van der Waals surface area contributed by atoms with Crippen LogP contribution in [0.25, 0.3) is 0 Å². The largest absolute Gasteiger partial charge is 0.309 e. The lowest BCUT2D eigenvalue weighted by atomic mass is 10.2. The zero-order chi connectivity index (χ0) is 8.93. The average molecular weight is 181 g/mol. The normalized spacial score (nSPS) is 18.3. The van der Waals surface area contributed by atoms with E-state index < -0.39 is 0 Å². The molecular formula is C6H11N7. The van der Waals surface area contributed by atoms with Gasteiger partial charge in [0.25, 0.3) is 0 Å². The molecule has 7 heteroatoms. The van der Waals surface area contributed by atoms with Gasteiger partial charge in [-0.2, -0.15) is 5.21 Å². The molecule has 0 saturated carbocycles. The molecule has 2 heterocycles. The van der Waals surface area contributed by atoms with E-state index in [2.05, 4.69) is 31.0 Å².